The van der Waals surface area contributed by atoms with Crippen molar-refractivity contribution < 1.29 is 9.59 Å². The number of alkyl halides is 1. The second kappa shape index (κ2) is 6.91. The summed E-state index contributed by atoms with van der Waals surface area (Å²) in [4.78, 5) is 29.8. The Balaban J connectivity index is 1.86. The average Bonchev–Trinajstić information content (AvgIpc) is 3.16. The van der Waals surface area contributed by atoms with Crippen molar-refractivity contribution in [3.63, 3.8) is 0 Å². The van der Waals surface area contributed by atoms with Crippen LogP contribution in [0.5, 0.6) is 0 Å². The number of hydrogen-bond donors (Lipinski definition) is 1. The molecule has 0 aliphatic carbocycles. The maximum Gasteiger partial charge on any atom is 0.241 e. The van der Waals surface area contributed by atoms with Gasteiger partial charge >= 0.3 is 0 Å². The molecule has 2 heterocycles. The van der Waals surface area contributed by atoms with Crippen molar-refractivity contribution in [2.24, 2.45) is 0 Å². The number of carbonyl (C=O) groups excluding carboxylic acids is 2. The van der Waals surface area contributed by atoms with Crippen molar-refractivity contribution in [2.75, 3.05) is 16.1 Å². The van der Waals surface area contributed by atoms with E-state index in [4.69, 9.17) is 11.6 Å². The lowest BCUT2D eigenvalue weighted by Gasteiger charge is -2.22. The molecule has 0 saturated carbocycles. The number of anilines is 2. The molecule has 5 nitrogen and oxygen atoms in total. The zero-order chi connectivity index (χ0) is 17.3. The number of thiazole rings is 1. The summed E-state index contributed by atoms with van der Waals surface area (Å²) < 4.78 is 0. The minimum absolute atomic E-state index is 0.0903. The summed E-state index contributed by atoms with van der Waals surface area (Å²) in [7, 11) is 0. The molecule has 7 heteroatoms. The number of rotatable bonds is 4. The summed E-state index contributed by atoms with van der Waals surface area (Å²) in [6.45, 7) is 3.95. The van der Waals surface area contributed by atoms with Crippen molar-refractivity contribution in [3.05, 3.63) is 29.1 Å². The Morgan fingerprint density at radius 2 is 2.25 bits per heavy atom. The lowest BCUT2D eigenvalue weighted by molar-refractivity contribution is -0.118. The molecule has 0 bridgehead atoms. The molecule has 1 aromatic carbocycles. The monoisotopic (exact) mass is 363 g/mol. The predicted octanol–water partition coefficient (Wildman–Crippen LogP) is 3.68. The second-order valence-electron chi connectivity index (χ2n) is 5.73. The largest absolute Gasteiger partial charge is 0.309 e. The van der Waals surface area contributed by atoms with Crippen molar-refractivity contribution in [3.8, 4) is 11.3 Å². The Labute approximate surface area is 149 Å². The molecule has 1 N–H and O–H groups in total. The molecule has 0 spiro atoms. The van der Waals surface area contributed by atoms with Crippen LogP contribution >= 0.6 is 22.9 Å². The zero-order valence-corrected chi connectivity index (χ0v) is 15.1. The van der Waals surface area contributed by atoms with Crippen molar-refractivity contribution in [2.45, 2.75) is 32.7 Å². The van der Waals surface area contributed by atoms with Gasteiger partial charge in [-0.2, -0.15) is 0 Å². The van der Waals surface area contributed by atoms with Crippen LogP contribution in [0.3, 0.4) is 0 Å². The third kappa shape index (κ3) is 3.16. The molecular formula is C17H18ClN3O2S. The van der Waals surface area contributed by atoms with E-state index in [2.05, 4.69) is 23.3 Å². The first-order valence-electron chi connectivity index (χ1n) is 7.80. The molecule has 0 fully saturated rings. The number of benzene rings is 1. The zero-order valence-electron chi connectivity index (χ0n) is 13.5. The van der Waals surface area contributed by atoms with E-state index in [1.165, 1.54) is 11.3 Å². The number of carbonyl (C=O) groups is 2. The highest BCUT2D eigenvalue weighted by Gasteiger charge is 2.30. The summed E-state index contributed by atoms with van der Waals surface area (Å²) in [6.07, 6.45) is 1.34. The lowest BCUT2D eigenvalue weighted by Crippen LogP contribution is -2.35. The quantitative estimate of drug-likeness (QED) is 0.843. The van der Waals surface area contributed by atoms with Crippen LogP contribution in [-0.2, 0) is 16.0 Å². The van der Waals surface area contributed by atoms with Gasteiger partial charge in [0.1, 0.15) is 5.88 Å². The van der Waals surface area contributed by atoms with E-state index in [-0.39, 0.29) is 23.7 Å². The minimum atomic E-state index is -0.269. The first-order chi connectivity index (χ1) is 11.5. The summed E-state index contributed by atoms with van der Waals surface area (Å²) in [5.41, 5.74) is 3.93. The first-order valence-corrected chi connectivity index (χ1v) is 9.21. The summed E-state index contributed by atoms with van der Waals surface area (Å²) >= 11 is 6.85. The molecule has 1 aliphatic rings. The number of hydrogen-bond acceptors (Lipinski definition) is 4. The van der Waals surface area contributed by atoms with Crippen LogP contribution < -0.4 is 10.2 Å². The summed E-state index contributed by atoms with van der Waals surface area (Å²) in [5.74, 6) is -0.213. The standard InChI is InChI=1S/C17H18ClN3O2S/c1-3-16(23)21-10(2)6-12-7-11(4-5-14(12)21)13-9-24-17(19-13)20-15(22)8-18/h4-5,7,9-10H,3,6,8H2,1-2H3,(H,19,20,22)/t10-/m0/s1. The van der Waals surface area contributed by atoms with Gasteiger partial charge in [0.15, 0.2) is 5.13 Å². The van der Waals surface area contributed by atoms with Crippen molar-refractivity contribution in [1.82, 2.24) is 4.98 Å². The van der Waals surface area contributed by atoms with E-state index in [1.807, 2.05) is 29.3 Å². The van der Waals surface area contributed by atoms with E-state index in [9.17, 15) is 9.59 Å². The number of aromatic nitrogens is 1. The molecule has 24 heavy (non-hydrogen) atoms. The second-order valence-corrected chi connectivity index (χ2v) is 6.86. The molecule has 1 atom stereocenters. The minimum Gasteiger partial charge on any atom is -0.309 e. The average molecular weight is 364 g/mol. The molecule has 1 aliphatic heterocycles. The highest BCUT2D eigenvalue weighted by Crippen LogP contribution is 2.36. The number of nitrogens with zero attached hydrogens (tertiary/aromatic N) is 2. The molecule has 2 aromatic rings. The molecule has 0 unspecified atom stereocenters. The maximum absolute atomic E-state index is 12.1. The topological polar surface area (TPSA) is 62.3 Å². The molecule has 1 aromatic heterocycles. The molecule has 0 saturated heterocycles. The summed E-state index contributed by atoms with van der Waals surface area (Å²) in [5, 5.41) is 5.09. The van der Waals surface area contributed by atoms with Crippen LogP contribution in [0.2, 0.25) is 0 Å². The fraction of sp³-hybridized carbons (Fsp3) is 0.353. The van der Waals surface area contributed by atoms with Crippen LogP contribution in [0.4, 0.5) is 10.8 Å². The smallest absolute Gasteiger partial charge is 0.241 e. The van der Waals surface area contributed by atoms with Crippen molar-refractivity contribution >= 4 is 45.6 Å². The van der Waals surface area contributed by atoms with Gasteiger partial charge in [0.05, 0.1) is 5.69 Å². The Kier molecular flexibility index (Phi) is 4.87. The van der Waals surface area contributed by atoms with Crippen LogP contribution in [0.1, 0.15) is 25.8 Å². The number of fused-ring (bicyclic) bond motifs is 1. The highest BCUT2D eigenvalue weighted by atomic mass is 35.5. The Hall–Kier alpha value is -1.92. The van der Waals surface area contributed by atoms with Gasteiger partial charge in [0.2, 0.25) is 11.8 Å². The van der Waals surface area contributed by atoms with Crippen molar-refractivity contribution in [1.29, 1.82) is 0 Å². The molecular weight excluding hydrogens is 346 g/mol. The normalized spacial score (nSPS) is 16.1. The molecule has 2 amide bonds. The van der Waals surface area contributed by atoms with Gasteiger partial charge in [0, 0.05) is 29.1 Å². The highest BCUT2D eigenvalue weighted by molar-refractivity contribution is 7.14. The van der Waals surface area contributed by atoms with E-state index in [1.54, 1.807) is 0 Å². The van der Waals surface area contributed by atoms with E-state index >= 15 is 0 Å². The number of halogens is 1. The fourth-order valence-corrected chi connectivity index (χ4v) is 3.76. The Morgan fingerprint density at radius 1 is 1.46 bits per heavy atom. The predicted molar refractivity (Wildman–Crippen MR) is 97.8 cm³/mol. The van der Waals surface area contributed by atoms with E-state index < -0.39 is 0 Å². The van der Waals surface area contributed by atoms with Gasteiger partial charge in [-0.3, -0.25) is 9.59 Å². The van der Waals surface area contributed by atoms with Crippen LogP contribution in [-0.4, -0.2) is 28.7 Å². The van der Waals surface area contributed by atoms with E-state index in [0.717, 1.165) is 28.9 Å². The lowest BCUT2D eigenvalue weighted by atomic mass is 10.1. The van der Waals surface area contributed by atoms with E-state index in [0.29, 0.717) is 11.6 Å². The molecule has 3 rings (SSSR count). The van der Waals surface area contributed by atoms with Crippen LogP contribution in [0, 0.1) is 0 Å². The number of nitrogens with one attached hydrogen (secondary N) is 1. The fourth-order valence-electron chi connectivity index (χ4n) is 2.96. The third-order valence-electron chi connectivity index (χ3n) is 4.03. The van der Waals surface area contributed by atoms with Crippen LogP contribution in [0.15, 0.2) is 23.6 Å². The molecule has 0 radical (unpaired) electrons. The van der Waals surface area contributed by atoms with Gasteiger partial charge in [-0.25, -0.2) is 4.98 Å². The summed E-state index contributed by atoms with van der Waals surface area (Å²) in [6, 6.07) is 6.21. The van der Waals surface area contributed by atoms with Gasteiger partial charge in [-0.1, -0.05) is 13.0 Å². The van der Waals surface area contributed by atoms with Gasteiger partial charge in [0.25, 0.3) is 0 Å². The molecule has 126 valence electrons. The Bertz CT molecular complexity index is 790. The van der Waals surface area contributed by atoms with Gasteiger partial charge in [-0.15, -0.1) is 22.9 Å². The maximum atomic E-state index is 12.1. The van der Waals surface area contributed by atoms with Crippen LogP contribution in [0.25, 0.3) is 11.3 Å². The SMILES string of the molecule is CCC(=O)N1c2ccc(-c3csc(NC(=O)CCl)n3)cc2C[C@@H]1C. The van der Waals surface area contributed by atoms with Gasteiger partial charge in [-0.05, 0) is 31.0 Å². The Morgan fingerprint density at radius 3 is 2.96 bits per heavy atom. The third-order valence-corrected chi connectivity index (χ3v) is 5.03. The van der Waals surface area contributed by atoms with Gasteiger partial charge < -0.3 is 10.2 Å². The first kappa shape index (κ1) is 16.9. The number of amides is 2.